The molecule has 0 aliphatic rings. The number of hydrogen-bond donors (Lipinski definition) is 0. The summed E-state index contributed by atoms with van der Waals surface area (Å²) < 4.78 is 4.52. The highest BCUT2D eigenvalue weighted by atomic mass is 16.5. The number of methoxy groups -OCH3 is 1. The average molecular weight is 116 g/mol. The minimum absolute atomic E-state index is 0.258. The van der Waals surface area contributed by atoms with Crippen molar-refractivity contribution in [2.45, 2.75) is 13.0 Å². The van der Waals surface area contributed by atoms with Crippen LogP contribution >= 0.6 is 0 Å². The molecule has 0 rings (SSSR count). The van der Waals surface area contributed by atoms with Crippen molar-refractivity contribution in [1.82, 2.24) is 0 Å². The Morgan fingerprint density at radius 3 is 2.38 bits per heavy atom. The van der Waals surface area contributed by atoms with Crippen molar-refractivity contribution >= 4 is 12.1 Å². The Balaban J connectivity index is 3.62. The number of hydrogen-bond acceptors (Lipinski definition) is 3. The maximum absolute atomic E-state index is 10.2. The van der Waals surface area contributed by atoms with Crippen molar-refractivity contribution in [2.75, 3.05) is 7.11 Å². The van der Waals surface area contributed by atoms with E-state index in [1.165, 1.54) is 14.0 Å². The molecule has 0 bridgehead atoms. The zero-order valence-corrected chi connectivity index (χ0v) is 4.88. The topological polar surface area (TPSA) is 43.4 Å². The minimum atomic E-state index is -0.590. The molecule has 0 heterocycles. The first kappa shape index (κ1) is 7.30. The van der Waals surface area contributed by atoms with Gasteiger partial charge in [-0.25, -0.2) is 0 Å². The second kappa shape index (κ2) is 3.32. The summed E-state index contributed by atoms with van der Waals surface area (Å²) in [6, 6.07) is 0. The maximum atomic E-state index is 10.2. The first-order chi connectivity index (χ1) is 3.72. The molecular weight excluding hydrogens is 108 g/mol. The molecule has 3 nitrogen and oxygen atoms in total. The molecule has 0 aliphatic heterocycles. The van der Waals surface area contributed by atoms with Gasteiger partial charge in [0.15, 0.2) is 6.29 Å². The van der Waals surface area contributed by atoms with E-state index in [1.54, 1.807) is 0 Å². The van der Waals surface area contributed by atoms with Crippen LogP contribution in [0.5, 0.6) is 0 Å². The summed E-state index contributed by atoms with van der Waals surface area (Å²) in [7, 11) is 1.38. The Morgan fingerprint density at radius 1 is 1.75 bits per heavy atom. The van der Waals surface area contributed by atoms with Crippen molar-refractivity contribution in [3.8, 4) is 0 Å². The lowest BCUT2D eigenvalue weighted by Gasteiger charge is -1.99. The molecule has 0 fully saturated rings. The molecule has 0 N–H and O–H groups in total. The number of ether oxygens (including phenoxy) is 1. The van der Waals surface area contributed by atoms with Gasteiger partial charge in [0.25, 0.3) is 0 Å². The van der Waals surface area contributed by atoms with E-state index in [0.29, 0.717) is 0 Å². The molecule has 0 spiro atoms. The predicted molar refractivity (Wildman–Crippen MR) is 27.5 cm³/mol. The first-order valence-electron chi connectivity index (χ1n) is 2.24. The van der Waals surface area contributed by atoms with E-state index in [4.69, 9.17) is 0 Å². The van der Waals surface area contributed by atoms with Crippen molar-refractivity contribution in [3.05, 3.63) is 0 Å². The monoisotopic (exact) mass is 116 g/mol. The van der Waals surface area contributed by atoms with Crippen LogP contribution in [-0.2, 0) is 14.3 Å². The van der Waals surface area contributed by atoms with Gasteiger partial charge in [-0.1, -0.05) is 0 Å². The van der Waals surface area contributed by atoms with Crippen molar-refractivity contribution in [1.29, 1.82) is 0 Å². The average Bonchev–Trinajstić information content (AvgIpc) is 1.84. The van der Waals surface area contributed by atoms with Crippen LogP contribution in [0.4, 0.5) is 0 Å². The van der Waals surface area contributed by atoms with E-state index in [9.17, 15) is 9.59 Å². The third kappa shape index (κ3) is 1.84. The number of carbonyl (C=O) groups is 2. The highest BCUT2D eigenvalue weighted by molar-refractivity contribution is 6.26. The molecule has 8 heavy (non-hydrogen) atoms. The number of aldehydes is 1. The van der Waals surface area contributed by atoms with Crippen molar-refractivity contribution in [3.63, 3.8) is 0 Å². The molecule has 46 valence electrons. The minimum Gasteiger partial charge on any atom is -0.373 e. The third-order valence-electron chi connectivity index (χ3n) is 0.870. The van der Waals surface area contributed by atoms with Crippen LogP contribution in [0.15, 0.2) is 0 Å². The molecule has 1 atom stereocenters. The summed E-state index contributed by atoms with van der Waals surface area (Å²) in [6.45, 7) is 1.52. The standard InChI is InChI=1S/C5H8O3/c1-4(8-2)5(7)3-6/h3-4H,1-2H3. The first-order valence-corrected chi connectivity index (χ1v) is 2.24. The van der Waals surface area contributed by atoms with Gasteiger partial charge in [-0.15, -0.1) is 0 Å². The van der Waals surface area contributed by atoms with E-state index in [2.05, 4.69) is 4.74 Å². The number of carbonyl (C=O) groups excluding carboxylic acids is 2. The second-order valence-electron chi connectivity index (χ2n) is 1.40. The van der Waals surface area contributed by atoms with Gasteiger partial charge in [0.05, 0.1) is 0 Å². The van der Waals surface area contributed by atoms with Crippen LogP contribution in [0.3, 0.4) is 0 Å². The molecule has 3 heteroatoms. The largest absolute Gasteiger partial charge is 0.373 e. The van der Waals surface area contributed by atoms with Crippen molar-refractivity contribution in [2.24, 2.45) is 0 Å². The van der Waals surface area contributed by atoms with Gasteiger partial charge < -0.3 is 4.74 Å². The lowest BCUT2D eigenvalue weighted by Crippen LogP contribution is -2.19. The van der Waals surface area contributed by atoms with Crippen LogP contribution in [0.2, 0.25) is 0 Å². The third-order valence-corrected chi connectivity index (χ3v) is 0.870. The fourth-order valence-corrected chi connectivity index (χ4v) is 0.212. The van der Waals surface area contributed by atoms with Gasteiger partial charge in [-0.2, -0.15) is 0 Å². The quantitative estimate of drug-likeness (QED) is 0.378. The Kier molecular flexibility index (Phi) is 3.03. The van der Waals surface area contributed by atoms with Gasteiger partial charge >= 0.3 is 0 Å². The molecule has 0 aromatic heterocycles. The lowest BCUT2D eigenvalue weighted by atomic mass is 10.3. The summed E-state index contributed by atoms with van der Waals surface area (Å²) in [5, 5.41) is 0. The maximum Gasteiger partial charge on any atom is 0.223 e. The molecule has 0 radical (unpaired) electrons. The molecule has 0 saturated heterocycles. The van der Waals surface area contributed by atoms with Gasteiger partial charge in [0.1, 0.15) is 6.10 Å². The number of Topliss-reactive ketones (excluding diaryl/α,β-unsaturated/α-hetero) is 1. The zero-order valence-electron chi connectivity index (χ0n) is 4.88. The van der Waals surface area contributed by atoms with E-state index in [0.717, 1.165) is 0 Å². The SMILES string of the molecule is COC(C)C(=O)C=O. The van der Waals surface area contributed by atoms with Gasteiger partial charge in [0, 0.05) is 7.11 Å². The fraction of sp³-hybridized carbons (Fsp3) is 0.600. The van der Waals surface area contributed by atoms with Crippen LogP contribution in [0.25, 0.3) is 0 Å². The molecule has 0 aliphatic carbocycles. The molecule has 0 aromatic carbocycles. The Labute approximate surface area is 47.6 Å². The smallest absolute Gasteiger partial charge is 0.223 e. The molecular formula is C5H8O3. The van der Waals surface area contributed by atoms with E-state index < -0.39 is 11.9 Å². The summed E-state index contributed by atoms with van der Waals surface area (Å²) in [6.07, 6.45) is -0.332. The highest BCUT2D eigenvalue weighted by Gasteiger charge is 2.07. The Hall–Kier alpha value is -0.700. The second-order valence-corrected chi connectivity index (χ2v) is 1.40. The molecule has 0 aromatic rings. The van der Waals surface area contributed by atoms with Crippen LogP contribution < -0.4 is 0 Å². The van der Waals surface area contributed by atoms with E-state index >= 15 is 0 Å². The van der Waals surface area contributed by atoms with Gasteiger partial charge in [-0.05, 0) is 6.92 Å². The van der Waals surface area contributed by atoms with Crippen molar-refractivity contribution < 1.29 is 14.3 Å². The normalized spacial score (nSPS) is 12.8. The summed E-state index contributed by atoms with van der Waals surface area (Å²) >= 11 is 0. The predicted octanol–water partition coefficient (Wildman–Crippen LogP) is -0.211. The van der Waals surface area contributed by atoms with E-state index in [1.807, 2.05) is 0 Å². The summed E-state index contributed by atoms with van der Waals surface area (Å²) in [5.41, 5.74) is 0. The van der Waals surface area contributed by atoms with Crippen LogP contribution in [-0.4, -0.2) is 25.3 Å². The molecule has 0 amide bonds. The molecule has 0 saturated carbocycles. The van der Waals surface area contributed by atoms with Crippen LogP contribution in [0.1, 0.15) is 6.92 Å². The summed E-state index contributed by atoms with van der Waals surface area (Å²) in [4.78, 5) is 19.9. The highest BCUT2D eigenvalue weighted by Crippen LogP contribution is 1.84. The van der Waals surface area contributed by atoms with Gasteiger partial charge in [0.2, 0.25) is 5.78 Å². The Bertz CT molecular complexity index is 97.8. The van der Waals surface area contributed by atoms with E-state index in [-0.39, 0.29) is 6.29 Å². The fourth-order valence-electron chi connectivity index (χ4n) is 0.212. The van der Waals surface area contributed by atoms with Gasteiger partial charge in [-0.3, -0.25) is 9.59 Å². The zero-order chi connectivity index (χ0) is 6.57. The number of ketones is 1. The van der Waals surface area contributed by atoms with Crippen LogP contribution in [0, 0.1) is 0 Å². The lowest BCUT2D eigenvalue weighted by molar-refractivity contribution is -0.136. The summed E-state index contributed by atoms with van der Waals surface area (Å²) in [5.74, 6) is -0.521. The molecule has 1 unspecified atom stereocenters. The Morgan fingerprint density at radius 2 is 2.25 bits per heavy atom. The number of rotatable bonds is 3.